The summed E-state index contributed by atoms with van der Waals surface area (Å²) in [7, 11) is 2.12. The van der Waals surface area contributed by atoms with E-state index in [1.807, 2.05) is 0 Å². The molecule has 2 aromatic rings. The maximum atomic E-state index is 2.27. The molecule has 0 amide bonds. The van der Waals surface area contributed by atoms with E-state index >= 15 is 0 Å². The van der Waals surface area contributed by atoms with Gasteiger partial charge in [-0.25, -0.2) is 4.57 Å². The summed E-state index contributed by atoms with van der Waals surface area (Å²) in [6.07, 6.45) is 2.16. The first-order chi connectivity index (χ1) is 7.39. The van der Waals surface area contributed by atoms with Gasteiger partial charge in [0.05, 0.1) is 0 Å². The Morgan fingerprint density at radius 2 is 1.75 bits per heavy atom. The van der Waals surface area contributed by atoms with Crippen molar-refractivity contribution in [3.8, 4) is 0 Å². The summed E-state index contributed by atoms with van der Waals surface area (Å²) in [6.45, 7) is 8.94. The molecule has 0 aliphatic carbocycles. The molecular weight excluding hydrogens is 194 g/mol. The van der Waals surface area contributed by atoms with Crippen LogP contribution in [0.15, 0.2) is 30.5 Å². The first kappa shape index (κ1) is 11.1. The highest BCUT2D eigenvalue weighted by molar-refractivity contribution is 5.84. The zero-order valence-electron chi connectivity index (χ0n) is 10.8. The zero-order valence-corrected chi connectivity index (χ0v) is 10.8. The van der Waals surface area contributed by atoms with Crippen LogP contribution in [-0.2, 0) is 12.5 Å². The van der Waals surface area contributed by atoms with E-state index in [4.69, 9.17) is 0 Å². The summed E-state index contributed by atoms with van der Waals surface area (Å²) in [6, 6.07) is 8.88. The fourth-order valence-electron chi connectivity index (χ4n) is 2.43. The van der Waals surface area contributed by atoms with Crippen LogP contribution in [-0.4, -0.2) is 0 Å². The van der Waals surface area contributed by atoms with Crippen molar-refractivity contribution >= 4 is 10.8 Å². The second kappa shape index (κ2) is 3.58. The summed E-state index contributed by atoms with van der Waals surface area (Å²) < 4.78 is 2.23. The quantitative estimate of drug-likeness (QED) is 0.593. The molecule has 2 rings (SSSR count). The van der Waals surface area contributed by atoms with Crippen LogP contribution in [0.2, 0.25) is 0 Å². The fraction of sp³-hybridized carbons (Fsp3) is 0.400. The van der Waals surface area contributed by atoms with Gasteiger partial charge >= 0.3 is 0 Å². The van der Waals surface area contributed by atoms with E-state index in [0.717, 1.165) is 0 Å². The smallest absolute Gasteiger partial charge is 0.194 e. The van der Waals surface area contributed by atoms with Crippen molar-refractivity contribution < 1.29 is 4.57 Å². The predicted molar refractivity (Wildman–Crippen MR) is 68.6 cm³/mol. The molecule has 0 atom stereocenters. The minimum Gasteiger partial charge on any atom is -0.204 e. The predicted octanol–water partition coefficient (Wildman–Crippen LogP) is 3.27. The summed E-state index contributed by atoms with van der Waals surface area (Å²) in [5, 5.41) is 2.70. The van der Waals surface area contributed by atoms with Gasteiger partial charge in [-0.1, -0.05) is 38.5 Å². The fourth-order valence-corrected chi connectivity index (χ4v) is 2.43. The molecule has 1 heterocycles. The molecule has 1 aromatic carbocycles. The van der Waals surface area contributed by atoms with Crippen LogP contribution >= 0.6 is 0 Å². The lowest BCUT2D eigenvalue weighted by molar-refractivity contribution is -0.680. The highest BCUT2D eigenvalue weighted by Gasteiger charge is 2.26. The lowest BCUT2D eigenvalue weighted by Crippen LogP contribution is -2.39. The number of fused-ring (bicyclic) bond motifs is 1. The molecular formula is C15H20N+. The number of rotatable bonds is 0. The maximum absolute atomic E-state index is 2.27. The Balaban J connectivity index is 2.85. The van der Waals surface area contributed by atoms with Crippen LogP contribution in [0.1, 0.15) is 32.0 Å². The lowest BCUT2D eigenvalue weighted by Gasteiger charge is -2.17. The minimum atomic E-state index is 0.170. The van der Waals surface area contributed by atoms with Crippen molar-refractivity contribution in [1.82, 2.24) is 0 Å². The summed E-state index contributed by atoms with van der Waals surface area (Å²) in [4.78, 5) is 0. The van der Waals surface area contributed by atoms with E-state index in [1.54, 1.807) is 0 Å². The topological polar surface area (TPSA) is 3.88 Å². The first-order valence-electron chi connectivity index (χ1n) is 5.79. The Morgan fingerprint density at radius 1 is 1.06 bits per heavy atom. The van der Waals surface area contributed by atoms with Gasteiger partial charge in [0.15, 0.2) is 11.9 Å². The molecule has 16 heavy (non-hydrogen) atoms. The normalized spacial score (nSPS) is 12.1. The largest absolute Gasteiger partial charge is 0.204 e. The molecule has 0 saturated heterocycles. The number of hydrogen-bond acceptors (Lipinski definition) is 0. The maximum Gasteiger partial charge on any atom is 0.194 e. The van der Waals surface area contributed by atoms with Gasteiger partial charge in [-0.15, -0.1) is 0 Å². The molecule has 0 aliphatic heterocycles. The van der Waals surface area contributed by atoms with Crippen LogP contribution in [0.4, 0.5) is 0 Å². The van der Waals surface area contributed by atoms with Crippen LogP contribution in [0.25, 0.3) is 10.8 Å². The van der Waals surface area contributed by atoms with Crippen molar-refractivity contribution in [3.63, 3.8) is 0 Å². The number of aromatic nitrogens is 1. The Labute approximate surface area is 97.7 Å². The third-order valence-electron chi connectivity index (χ3n) is 3.00. The number of benzene rings is 1. The van der Waals surface area contributed by atoms with E-state index < -0.39 is 0 Å². The molecule has 0 saturated carbocycles. The Hall–Kier alpha value is -1.37. The average molecular weight is 214 g/mol. The van der Waals surface area contributed by atoms with E-state index in [2.05, 4.69) is 69.8 Å². The standard InChI is InChI=1S/C15H20N/c1-11-6-7-13-12(10-11)8-9-16(5)14(13)15(2,3)4/h6-10H,1-5H3/q+1. The average Bonchev–Trinajstić information content (AvgIpc) is 2.16. The number of pyridine rings is 1. The first-order valence-corrected chi connectivity index (χ1v) is 5.79. The minimum absolute atomic E-state index is 0.170. The zero-order chi connectivity index (χ0) is 11.9. The molecule has 0 radical (unpaired) electrons. The van der Waals surface area contributed by atoms with Gasteiger partial charge in [-0.05, 0) is 18.4 Å². The van der Waals surface area contributed by atoms with E-state index in [9.17, 15) is 0 Å². The van der Waals surface area contributed by atoms with Gasteiger partial charge in [0.25, 0.3) is 0 Å². The molecule has 0 N–H and O–H groups in total. The van der Waals surface area contributed by atoms with Crippen molar-refractivity contribution in [2.45, 2.75) is 33.1 Å². The monoisotopic (exact) mass is 214 g/mol. The van der Waals surface area contributed by atoms with Crippen molar-refractivity contribution in [2.24, 2.45) is 7.05 Å². The van der Waals surface area contributed by atoms with Gasteiger partial charge in [-0.3, -0.25) is 0 Å². The summed E-state index contributed by atoms with van der Waals surface area (Å²) in [5.74, 6) is 0. The van der Waals surface area contributed by atoms with Crippen molar-refractivity contribution in [2.75, 3.05) is 0 Å². The van der Waals surface area contributed by atoms with Gasteiger partial charge in [0.1, 0.15) is 7.05 Å². The third-order valence-corrected chi connectivity index (χ3v) is 3.00. The van der Waals surface area contributed by atoms with Crippen molar-refractivity contribution in [3.05, 3.63) is 41.7 Å². The molecule has 0 aliphatic rings. The van der Waals surface area contributed by atoms with Gasteiger partial charge in [0, 0.05) is 16.9 Å². The van der Waals surface area contributed by atoms with Crippen LogP contribution in [0.5, 0.6) is 0 Å². The Morgan fingerprint density at radius 3 is 2.38 bits per heavy atom. The van der Waals surface area contributed by atoms with Gasteiger partial charge in [-0.2, -0.15) is 0 Å². The molecule has 0 spiro atoms. The SMILES string of the molecule is Cc1ccc2c(C(C)(C)C)[n+](C)ccc2c1. The molecule has 1 nitrogen and oxygen atoms in total. The van der Waals surface area contributed by atoms with E-state index in [0.29, 0.717) is 0 Å². The van der Waals surface area contributed by atoms with E-state index in [1.165, 1.54) is 22.0 Å². The Bertz CT molecular complexity index is 533. The second-order valence-corrected chi connectivity index (χ2v) is 5.62. The van der Waals surface area contributed by atoms with Crippen LogP contribution in [0.3, 0.4) is 0 Å². The van der Waals surface area contributed by atoms with Gasteiger partial charge < -0.3 is 0 Å². The van der Waals surface area contributed by atoms with Crippen molar-refractivity contribution in [1.29, 1.82) is 0 Å². The molecule has 1 heteroatoms. The Kier molecular flexibility index (Phi) is 2.49. The number of aryl methyl sites for hydroxylation is 2. The highest BCUT2D eigenvalue weighted by atomic mass is 14.9. The molecule has 1 aromatic heterocycles. The lowest BCUT2D eigenvalue weighted by atomic mass is 9.87. The van der Waals surface area contributed by atoms with E-state index in [-0.39, 0.29) is 5.41 Å². The van der Waals surface area contributed by atoms with Crippen LogP contribution < -0.4 is 4.57 Å². The molecule has 0 bridgehead atoms. The van der Waals surface area contributed by atoms with Gasteiger partial charge in [0.2, 0.25) is 0 Å². The molecule has 0 unspecified atom stereocenters. The second-order valence-electron chi connectivity index (χ2n) is 5.62. The summed E-state index contributed by atoms with van der Waals surface area (Å²) >= 11 is 0. The summed E-state index contributed by atoms with van der Waals surface area (Å²) in [5.41, 5.74) is 2.88. The van der Waals surface area contributed by atoms with Crippen LogP contribution in [0, 0.1) is 6.92 Å². The highest BCUT2D eigenvalue weighted by Crippen LogP contribution is 2.27. The molecule has 84 valence electrons. The number of nitrogens with zero attached hydrogens (tertiary/aromatic N) is 1. The molecule has 0 fully saturated rings. The third kappa shape index (κ3) is 1.82. The number of hydrogen-bond donors (Lipinski definition) is 0.